The molecule has 0 heterocycles. The van der Waals surface area contributed by atoms with E-state index in [0.29, 0.717) is 0 Å². The zero-order valence-corrected chi connectivity index (χ0v) is 19.7. The standard InChI is InChI=1S/C15H27O4P.2Na/c1-13(2)7-5-8-14(3)9-6-10-15(4)11-12-19-20(16,17)18;;/h7,9,11H,5-6,8,10,12H2,1-4H3,(H2,16,17,18);;/q;2*+1/p-2. The number of hydrogen-bond donors (Lipinski definition) is 0. The van der Waals surface area contributed by atoms with E-state index in [0.717, 1.165) is 31.3 Å². The molecule has 4 nitrogen and oxygen atoms in total. The molecule has 22 heavy (non-hydrogen) atoms. The van der Waals surface area contributed by atoms with Gasteiger partial charge in [-0.25, -0.2) is 0 Å². The largest absolute Gasteiger partial charge is 1.00 e. The zero-order chi connectivity index (χ0) is 15.6. The Kier molecular flexibility index (Phi) is 20.3. The first-order valence-corrected chi connectivity index (χ1v) is 8.28. The second kappa shape index (κ2) is 15.8. The van der Waals surface area contributed by atoms with E-state index in [1.54, 1.807) is 6.08 Å². The van der Waals surface area contributed by atoms with Gasteiger partial charge in [0, 0.05) is 0 Å². The summed E-state index contributed by atoms with van der Waals surface area (Å²) in [5.41, 5.74) is 3.72. The minimum Gasteiger partial charge on any atom is -0.790 e. The summed E-state index contributed by atoms with van der Waals surface area (Å²) in [6, 6.07) is 0. The summed E-state index contributed by atoms with van der Waals surface area (Å²) in [6.45, 7) is 8.04. The maximum Gasteiger partial charge on any atom is 1.00 e. The van der Waals surface area contributed by atoms with Crippen molar-refractivity contribution in [3.8, 4) is 0 Å². The first kappa shape index (κ1) is 28.1. The summed E-state index contributed by atoms with van der Waals surface area (Å²) in [6.07, 6.45) is 9.94. The Labute approximate surface area is 179 Å². The van der Waals surface area contributed by atoms with Crippen LogP contribution in [0.3, 0.4) is 0 Å². The van der Waals surface area contributed by atoms with Crippen LogP contribution in [0.1, 0.15) is 53.4 Å². The third kappa shape index (κ3) is 21.3. The number of phosphoric acid groups is 1. The van der Waals surface area contributed by atoms with Gasteiger partial charge >= 0.3 is 59.1 Å². The molecule has 0 aliphatic carbocycles. The number of allylic oxidation sites excluding steroid dienone is 5. The molecule has 0 unspecified atom stereocenters. The van der Waals surface area contributed by atoms with Crippen molar-refractivity contribution in [1.29, 1.82) is 0 Å². The summed E-state index contributed by atoms with van der Waals surface area (Å²) in [5, 5.41) is 0. The third-order valence-corrected chi connectivity index (χ3v) is 3.25. The van der Waals surface area contributed by atoms with Crippen LogP contribution in [-0.2, 0) is 9.09 Å². The summed E-state index contributed by atoms with van der Waals surface area (Å²) < 4.78 is 14.4. The maximum atomic E-state index is 10.3. The molecule has 0 aromatic heterocycles. The molecule has 0 aliphatic heterocycles. The van der Waals surface area contributed by atoms with E-state index in [-0.39, 0.29) is 65.7 Å². The molecule has 0 aromatic carbocycles. The summed E-state index contributed by atoms with van der Waals surface area (Å²) >= 11 is 0. The number of hydrogen-bond acceptors (Lipinski definition) is 4. The first-order chi connectivity index (χ1) is 9.20. The minimum atomic E-state index is -4.85. The average molecular weight is 346 g/mol. The number of phosphoric ester groups is 1. The second-order valence-electron chi connectivity index (χ2n) is 5.20. The smallest absolute Gasteiger partial charge is 0.790 e. The van der Waals surface area contributed by atoms with Crippen LogP contribution in [0.5, 0.6) is 0 Å². The average Bonchev–Trinajstić information content (AvgIpc) is 2.26. The van der Waals surface area contributed by atoms with Crippen LogP contribution >= 0.6 is 7.82 Å². The van der Waals surface area contributed by atoms with Crippen molar-refractivity contribution in [3.63, 3.8) is 0 Å². The van der Waals surface area contributed by atoms with Crippen molar-refractivity contribution in [3.05, 3.63) is 34.9 Å². The van der Waals surface area contributed by atoms with Crippen LogP contribution in [0, 0.1) is 0 Å². The molecular formula is C15H25Na2O4P. The molecular weight excluding hydrogens is 321 g/mol. The van der Waals surface area contributed by atoms with E-state index >= 15 is 0 Å². The van der Waals surface area contributed by atoms with Gasteiger partial charge in [-0.05, 0) is 53.4 Å². The SMILES string of the molecule is CC(C)=CCCC(C)=CCCC(C)=CCOP(=O)([O-])[O-].[Na+].[Na+]. The van der Waals surface area contributed by atoms with E-state index < -0.39 is 7.82 Å². The van der Waals surface area contributed by atoms with Gasteiger partial charge in [0.1, 0.15) is 0 Å². The van der Waals surface area contributed by atoms with E-state index in [1.807, 2.05) is 6.92 Å². The predicted octanol–water partition coefficient (Wildman–Crippen LogP) is -2.74. The van der Waals surface area contributed by atoms with Gasteiger partial charge in [-0.15, -0.1) is 0 Å². The third-order valence-electron chi connectivity index (χ3n) is 2.79. The van der Waals surface area contributed by atoms with Gasteiger partial charge in [0.2, 0.25) is 0 Å². The van der Waals surface area contributed by atoms with Crippen molar-refractivity contribution in [2.45, 2.75) is 53.4 Å². The Morgan fingerprint density at radius 3 is 1.82 bits per heavy atom. The van der Waals surface area contributed by atoms with Crippen LogP contribution in [-0.4, -0.2) is 6.61 Å². The molecule has 0 bridgehead atoms. The van der Waals surface area contributed by atoms with Gasteiger partial charge in [0.15, 0.2) is 0 Å². The van der Waals surface area contributed by atoms with Crippen LogP contribution in [0.15, 0.2) is 34.9 Å². The summed E-state index contributed by atoms with van der Waals surface area (Å²) in [5.74, 6) is 0. The van der Waals surface area contributed by atoms with Crippen molar-refractivity contribution in [2.24, 2.45) is 0 Å². The maximum absolute atomic E-state index is 10.3. The fourth-order valence-electron chi connectivity index (χ4n) is 1.61. The predicted molar refractivity (Wildman–Crippen MR) is 79.0 cm³/mol. The molecule has 0 spiro atoms. The monoisotopic (exact) mass is 346 g/mol. The van der Waals surface area contributed by atoms with Crippen molar-refractivity contribution < 1.29 is 78.0 Å². The van der Waals surface area contributed by atoms with Crippen LogP contribution in [0.2, 0.25) is 0 Å². The topological polar surface area (TPSA) is 72.4 Å². The van der Waals surface area contributed by atoms with E-state index in [4.69, 9.17) is 0 Å². The first-order valence-electron chi connectivity index (χ1n) is 6.82. The molecule has 7 heteroatoms. The van der Waals surface area contributed by atoms with Crippen LogP contribution < -0.4 is 68.9 Å². The van der Waals surface area contributed by atoms with Gasteiger partial charge in [-0.1, -0.05) is 34.9 Å². The van der Waals surface area contributed by atoms with E-state index in [2.05, 4.69) is 37.4 Å². The molecule has 0 saturated carbocycles. The summed E-state index contributed by atoms with van der Waals surface area (Å²) in [4.78, 5) is 20.5. The summed E-state index contributed by atoms with van der Waals surface area (Å²) in [7, 11) is -4.85. The van der Waals surface area contributed by atoms with Crippen molar-refractivity contribution in [1.82, 2.24) is 0 Å². The Morgan fingerprint density at radius 2 is 1.36 bits per heavy atom. The normalized spacial score (nSPS) is 12.3. The van der Waals surface area contributed by atoms with Gasteiger partial charge in [0.25, 0.3) is 0 Å². The molecule has 0 aromatic rings. The van der Waals surface area contributed by atoms with Gasteiger partial charge in [0.05, 0.1) is 14.4 Å². The zero-order valence-electron chi connectivity index (χ0n) is 14.8. The molecule has 0 radical (unpaired) electrons. The van der Waals surface area contributed by atoms with Crippen LogP contribution in [0.25, 0.3) is 0 Å². The fourth-order valence-corrected chi connectivity index (χ4v) is 1.87. The molecule has 0 saturated heterocycles. The number of rotatable bonds is 9. The van der Waals surface area contributed by atoms with Gasteiger partial charge in [-0.3, -0.25) is 0 Å². The molecule has 0 fully saturated rings. The Balaban J connectivity index is -0.00000180. The van der Waals surface area contributed by atoms with Crippen LogP contribution in [0.4, 0.5) is 0 Å². The molecule has 0 amide bonds. The molecule has 0 aliphatic rings. The molecule has 0 rings (SSSR count). The minimum absolute atomic E-state index is 0. The second-order valence-corrected chi connectivity index (χ2v) is 6.36. The van der Waals surface area contributed by atoms with Crippen molar-refractivity contribution >= 4 is 7.82 Å². The molecule has 0 N–H and O–H groups in total. The van der Waals surface area contributed by atoms with E-state index in [1.165, 1.54) is 11.1 Å². The Morgan fingerprint density at radius 1 is 0.909 bits per heavy atom. The Hall–Kier alpha value is 1.33. The van der Waals surface area contributed by atoms with Gasteiger partial charge in [-0.2, -0.15) is 0 Å². The van der Waals surface area contributed by atoms with Crippen molar-refractivity contribution in [2.75, 3.05) is 6.61 Å². The fraction of sp³-hybridized carbons (Fsp3) is 0.600. The van der Waals surface area contributed by atoms with E-state index in [9.17, 15) is 14.4 Å². The van der Waals surface area contributed by atoms with Gasteiger partial charge < -0.3 is 18.9 Å². The molecule has 0 atom stereocenters. The Bertz CT molecular complexity index is 421. The quantitative estimate of drug-likeness (QED) is 0.258. The molecule has 116 valence electrons.